The molecule has 0 fully saturated rings. The number of hydrogen-bond donors (Lipinski definition) is 1. The highest BCUT2D eigenvalue weighted by Crippen LogP contribution is 2.27. The number of hydrogen-bond acceptors (Lipinski definition) is 5. The van der Waals surface area contributed by atoms with Crippen molar-refractivity contribution in [2.24, 2.45) is 0 Å². The first-order chi connectivity index (χ1) is 9.63. The topological polar surface area (TPSA) is 60.5 Å². The number of carbonyl (C=O) groups is 1. The zero-order valence-corrected chi connectivity index (χ0v) is 12.4. The monoisotopic (exact) mass is 292 g/mol. The van der Waals surface area contributed by atoms with E-state index < -0.39 is 0 Å². The Morgan fingerprint density at radius 3 is 2.65 bits per heavy atom. The first-order valence-electron chi connectivity index (χ1n) is 6.05. The van der Waals surface area contributed by atoms with Crippen LogP contribution in [0.3, 0.4) is 0 Å². The summed E-state index contributed by atoms with van der Waals surface area (Å²) in [7, 11) is 3.10. The van der Waals surface area contributed by atoms with Crippen molar-refractivity contribution in [2.75, 3.05) is 14.2 Å². The number of rotatable bonds is 5. The Morgan fingerprint density at radius 1 is 1.30 bits per heavy atom. The van der Waals surface area contributed by atoms with E-state index in [4.69, 9.17) is 9.47 Å². The van der Waals surface area contributed by atoms with Crippen molar-refractivity contribution in [3.8, 4) is 11.5 Å². The molecule has 1 N–H and O–H groups in total. The van der Waals surface area contributed by atoms with Crippen LogP contribution in [0.1, 0.15) is 21.1 Å². The average Bonchev–Trinajstić information content (AvgIpc) is 2.89. The average molecular weight is 292 g/mol. The van der Waals surface area contributed by atoms with Crippen molar-refractivity contribution in [3.63, 3.8) is 0 Å². The molecule has 2 aromatic rings. The van der Waals surface area contributed by atoms with Crippen LogP contribution in [0.2, 0.25) is 0 Å². The molecule has 0 saturated carbocycles. The molecular formula is C14H16N2O3S. The van der Waals surface area contributed by atoms with E-state index >= 15 is 0 Å². The quantitative estimate of drug-likeness (QED) is 0.919. The van der Waals surface area contributed by atoms with Crippen LogP contribution < -0.4 is 14.8 Å². The minimum absolute atomic E-state index is 0.170. The second kappa shape index (κ2) is 6.38. The highest BCUT2D eigenvalue weighted by Gasteiger charge is 2.10. The molecule has 1 aromatic heterocycles. The van der Waals surface area contributed by atoms with Gasteiger partial charge >= 0.3 is 0 Å². The molecule has 0 bridgehead atoms. The van der Waals surface area contributed by atoms with Crippen LogP contribution in [-0.4, -0.2) is 25.1 Å². The van der Waals surface area contributed by atoms with Gasteiger partial charge in [0.05, 0.1) is 31.5 Å². The summed E-state index contributed by atoms with van der Waals surface area (Å²) in [4.78, 5) is 16.4. The smallest absolute Gasteiger partial charge is 0.251 e. The second-order valence-corrected chi connectivity index (χ2v) is 5.17. The number of carbonyl (C=O) groups excluding carboxylic acids is 1. The number of nitrogens with zero attached hydrogens (tertiary/aromatic N) is 1. The zero-order valence-electron chi connectivity index (χ0n) is 11.6. The third kappa shape index (κ3) is 3.27. The van der Waals surface area contributed by atoms with Gasteiger partial charge in [-0.1, -0.05) is 0 Å². The maximum absolute atomic E-state index is 12.1. The number of nitrogens with one attached hydrogen (secondary N) is 1. The number of ether oxygens (including phenoxy) is 2. The van der Waals surface area contributed by atoms with Crippen LogP contribution in [0.15, 0.2) is 23.6 Å². The maximum atomic E-state index is 12.1. The standard InChI is InChI=1S/C14H16N2O3S/c1-9-16-11(8-20-9)7-15-14(17)10-4-5-12(18-2)13(6-10)19-3/h4-6,8H,7H2,1-3H3,(H,15,17). The lowest BCUT2D eigenvalue weighted by Crippen LogP contribution is -2.23. The van der Waals surface area contributed by atoms with Crippen LogP contribution in [0.4, 0.5) is 0 Å². The summed E-state index contributed by atoms with van der Waals surface area (Å²) in [5.74, 6) is 0.959. The van der Waals surface area contributed by atoms with Crippen LogP contribution in [0, 0.1) is 6.92 Å². The predicted molar refractivity (Wildman–Crippen MR) is 77.6 cm³/mol. The van der Waals surface area contributed by atoms with E-state index in [2.05, 4.69) is 10.3 Å². The van der Waals surface area contributed by atoms with Crippen molar-refractivity contribution in [2.45, 2.75) is 13.5 Å². The van der Waals surface area contributed by atoms with Gasteiger partial charge in [0, 0.05) is 10.9 Å². The van der Waals surface area contributed by atoms with Gasteiger partial charge < -0.3 is 14.8 Å². The van der Waals surface area contributed by atoms with E-state index in [-0.39, 0.29) is 5.91 Å². The van der Waals surface area contributed by atoms with E-state index in [1.54, 1.807) is 36.6 Å². The van der Waals surface area contributed by atoms with Crippen molar-refractivity contribution >= 4 is 17.2 Å². The number of aromatic nitrogens is 1. The second-order valence-electron chi connectivity index (χ2n) is 4.11. The minimum Gasteiger partial charge on any atom is -0.493 e. The van der Waals surface area contributed by atoms with Gasteiger partial charge in [-0.3, -0.25) is 4.79 Å². The summed E-state index contributed by atoms with van der Waals surface area (Å²) in [6.45, 7) is 2.35. The fourth-order valence-corrected chi connectivity index (χ4v) is 2.35. The molecule has 0 aliphatic carbocycles. The number of aryl methyl sites for hydroxylation is 1. The Bertz CT molecular complexity index is 610. The Balaban J connectivity index is 2.05. The van der Waals surface area contributed by atoms with Crippen LogP contribution in [-0.2, 0) is 6.54 Å². The largest absolute Gasteiger partial charge is 0.493 e. The molecule has 0 atom stereocenters. The molecular weight excluding hydrogens is 276 g/mol. The van der Waals surface area contributed by atoms with E-state index in [1.807, 2.05) is 12.3 Å². The predicted octanol–water partition coefficient (Wildman–Crippen LogP) is 2.40. The maximum Gasteiger partial charge on any atom is 0.251 e. The Morgan fingerprint density at radius 2 is 2.05 bits per heavy atom. The fraction of sp³-hybridized carbons (Fsp3) is 0.286. The van der Waals surface area contributed by atoms with Crippen molar-refractivity contribution in [1.29, 1.82) is 0 Å². The number of amides is 1. The third-order valence-electron chi connectivity index (χ3n) is 2.74. The summed E-state index contributed by atoms with van der Waals surface area (Å²) < 4.78 is 10.3. The van der Waals surface area contributed by atoms with Gasteiger partial charge in [0.1, 0.15) is 0 Å². The fourth-order valence-electron chi connectivity index (χ4n) is 1.74. The molecule has 1 amide bonds. The molecule has 0 spiro atoms. The normalized spacial score (nSPS) is 10.2. The summed E-state index contributed by atoms with van der Waals surface area (Å²) in [5.41, 5.74) is 1.39. The van der Waals surface area contributed by atoms with Gasteiger partial charge in [-0.05, 0) is 25.1 Å². The lowest BCUT2D eigenvalue weighted by Gasteiger charge is -2.09. The highest BCUT2D eigenvalue weighted by atomic mass is 32.1. The van der Waals surface area contributed by atoms with Crippen LogP contribution >= 0.6 is 11.3 Å². The van der Waals surface area contributed by atoms with Gasteiger partial charge in [0.15, 0.2) is 11.5 Å². The summed E-state index contributed by atoms with van der Waals surface area (Å²) in [5, 5.41) is 5.75. The number of methoxy groups -OCH3 is 2. The Hall–Kier alpha value is -2.08. The molecule has 5 nitrogen and oxygen atoms in total. The Kier molecular flexibility index (Phi) is 4.57. The van der Waals surface area contributed by atoms with E-state index in [9.17, 15) is 4.79 Å². The molecule has 0 radical (unpaired) electrons. The number of thiazole rings is 1. The van der Waals surface area contributed by atoms with Gasteiger partial charge in [0.2, 0.25) is 0 Å². The summed E-state index contributed by atoms with van der Waals surface area (Å²) in [6.07, 6.45) is 0. The van der Waals surface area contributed by atoms with Gasteiger partial charge in [-0.15, -0.1) is 11.3 Å². The first-order valence-corrected chi connectivity index (χ1v) is 6.93. The van der Waals surface area contributed by atoms with Crippen molar-refractivity contribution in [1.82, 2.24) is 10.3 Å². The van der Waals surface area contributed by atoms with Gasteiger partial charge in [-0.25, -0.2) is 4.98 Å². The first kappa shape index (κ1) is 14.3. The third-order valence-corrected chi connectivity index (χ3v) is 3.56. The molecule has 1 heterocycles. The van der Waals surface area contributed by atoms with Crippen molar-refractivity contribution < 1.29 is 14.3 Å². The van der Waals surface area contributed by atoms with E-state index in [0.29, 0.717) is 23.6 Å². The molecule has 106 valence electrons. The molecule has 2 rings (SSSR count). The highest BCUT2D eigenvalue weighted by molar-refractivity contribution is 7.09. The van der Waals surface area contributed by atoms with Crippen LogP contribution in [0.25, 0.3) is 0 Å². The molecule has 1 aromatic carbocycles. The van der Waals surface area contributed by atoms with Gasteiger partial charge in [-0.2, -0.15) is 0 Å². The Labute approximate surface area is 121 Å². The lowest BCUT2D eigenvalue weighted by atomic mass is 10.2. The molecule has 0 saturated heterocycles. The molecule has 0 aliphatic rings. The van der Waals surface area contributed by atoms with E-state index in [0.717, 1.165) is 10.7 Å². The molecule has 6 heteroatoms. The van der Waals surface area contributed by atoms with Gasteiger partial charge in [0.25, 0.3) is 5.91 Å². The number of benzene rings is 1. The minimum atomic E-state index is -0.170. The molecule has 0 unspecified atom stereocenters. The van der Waals surface area contributed by atoms with E-state index in [1.165, 1.54) is 7.11 Å². The molecule has 0 aliphatic heterocycles. The van der Waals surface area contributed by atoms with Crippen LogP contribution in [0.5, 0.6) is 11.5 Å². The summed E-state index contributed by atoms with van der Waals surface area (Å²) >= 11 is 1.56. The summed E-state index contributed by atoms with van der Waals surface area (Å²) in [6, 6.07) is 5.06. The molecule has 20 heavy (non-hydrogen) atoms. The zero-order chi connectivity index (χ0) is 14.5. The SMILES string of the molecule is COc1ccc(C(=O)NCc2csc(C)n2)cc1OC. The lowest BCUT2D eigenvalue weighted by molar-refractivity contribution is 0.0950. The van der Waals surface area contributed by atoms with Crippen molar-refractivity contribution in [3.05, 3.63) is 39.8 Å².